The first-order valence-corrected chi connectivity index (χ1v) is 6.77. The number of nitriles is 1. The van der Waals surface area contributed by atoms with E-state index in [0.29, 0.717) is 12.6 Å². The molecule has 1 aliphatic heterocycles. The summed E-state index contributed by atoms with van der Waals surface area (Å²) in [4.78, 5) is 2.44. The number of likely N-dealkylation sites (tertiary alicyclic amines) is 1. The maximum Gasteiger partial charge on any atom is 0.119 e. The first-order chi connectivity index (χ1) is 9.31. The van der Waals surface area contributed by atoms with Crippen LogP contribution in [0.2, 0.25) is 0 Å². The molecule has 0 aliphatic carbocycles. The van der Waals surface area contributed by atoms with Gasteiger partial charge >= 0.3 is 0 Å². The third-order valence-electron chi connectivity index (χ3n) is 3.52. The van der Waals surface area contributed by atoms with E-state index < -0.39 is 0 Å². The molecule has 0 bridgehead atoms. The summed E-state index contributed by atoms with van der Waals surface area (Å²) in [6.07, 6.45) is 2.35. The van der Waals surface area contributed by atoms with Gasteiger partial charge in [0.25, 0.3) is 0 Å². The van der Waals surface area contributed by atoms with E-state index in [1.54, 1.807) is 7.11 Å². The molecule has 0 saturated carbocycles. The highest BCUT2D eigenvalue weighted by Crippen LogP contribution is 2.17. The molecule has 4 nitrogen and oxygen atoms in total. The number of piperidine rings is 1. The molecule has 2 rings (SSSR count). The first-order valence-electron chi connectivity index (χ1n) is 6.77. The minimum Gasteiger partial charge on any atom is -0.497 e. The molecule has 1 heterocycles. The van der Waals surface area contributed by atoms with Gasteiger partial charge in [-0.3, -0.25) is 4.90 Å². The number of nitrogens with zero attached hydrogens (tertiary/aromatic N) is 2. The number of ether oxygens (including phenoxy) is 1. The predicted molar refractivity (Wildman–Crippen MR) is 74.9 cm³/mol. The molecule has 1 atom stereocenters. The molecule has 4 heteroatoms. The highest BCUT2D eigenvalue weighted by atomic mass is 16.5. The quantitative estimate of drug-likeness (QED) is 0.819. The van der Waals surface area contributed by atoms with E-state index >= 15 is 0 Å². The molecule has 19 heavy (non-hydrogen) atoms. The van der Waals surface area contributed by atoms with Gasteiger partial charge < -0.3 is 10.1 Å². The molecule has 0 amide bonds. The van der Waals surface area contributed by atoms with Crippen molar-refractivity contribution >= 4 is 0 Å². The summed E-state index contributed by atoms with van der Waals surface area (Å²) in [5.41, 5.74) is 1.28. The lowest BCUT2D eigenvalue weighted by Gasteiger charge is -2.32. The SMILES string of the molecule is COc1cccc(CN2CCCC(NCC#N)C2)c1. The van der Waals surface area contributed by atoms with Crippen LogP contribution in [0.25, 0.3) is 0 Å². The predicted octanol–water partition coefficient (Wildman–Crippen LogP) is 1.77. The second kappa shape index (κ2) is 7.13. The smallest absolute Gasteiger partial charge is 0.119 e. The lowest BCUT2D eigenvalue weighted by molar-refractivity contribution is 0.186. The van der Waals surface area contributed by atoms with Gasteiger partial charge in [0.05, 0.1) is 19.7 Å². The molecule has 1 saturated heterocycles. The first kappa shape index (κ1) is 13.9. The van der Waals surface area contributed by atoms with Crippen molar-refractivity contribution in [3.05, 3.63) is 29.8 Å². The molecule has 1 N–H and O–H groups in total. The second-order valence-corrected chi connectivity index (χ2v) is 4.96. The summed E-state index contributed by atoms with van der Waals surface area (Å²) in [7, 11) is 1.70. The Morgan fingerprint density at radius 1 is 1.53 bits per heavy atom. The van der Waals surface area contributed by atoms with Crippen LogP contribution >= 0.6 is 0 Å². The lowest BCUT2D eigenvalue weighted by atomic mass is 10.0. The fourth-order valence-corrected chi connectivity index (χ4v) is 2.58. The van der Waals surface area contributed by atoms with Crippen LogP contribution < -0.4 is 10.1 Å². The van der Waals surface area contributed by atoms with E-state index in [4.69, 9.17) is 10.00 Å². The Balaban J connectivity index is 1.89. The van der Waals surface area contributed by atoms with E-state index in [2.05, 4.69) is 28.4 Å². The van der Waals surface area contributed by atoms with Crippen molar-refractivity contribution in [2.45, 2.75) is 25.4 Å². The van der Waals surface area contributed by atoms with Crippen molar-refractivity contribution in [1.29, 1.82) is 5.26 Å². The average molecular weight is 259 g/mol. The molecular weight excluding hydrogens is 238 g/mol. The molecule has 1 fully saturated rings. The molecular formula is C15H21N3O. The Kier molecular flexibility index (Phi) is 5.20. The van der Waals surface area contributed by atoms with Crippen LogP contribution in [0.3, 0.4) is 0 Å². The number of benzene rings is 1. The molecule has 0 radical (unpaired) electrons. The van der Waals surface area contributed by atoms with Gasteiger partial charge in [0.1, 0.15) is 5.75 Å². The highest BCUT2D eigenvalue weighted by Gasteiger charge is 2.19. The highest BCUT2D eigenvalue weighted by molar-refractivity contribution is 5.28. The van der Waals surface area contributed by atoms with E-state index in [1.165, 1.54) is 12.0 Å². The van der Waals surface area contributed by atoms with Crippen molar-refractivity contribution in [3.8, 4) is 11.8 Å². The van der Waals surface area contributed by atoms with Crippen molar-refractivity contribution < 1.29 is 4.74 Å². The van der Waals surface area contributed by atoms with Crippen LogP contribution in [0.15, 0.2) is 24.3 Å². The van der Waals surface area contributed by atoms with Crippen molar-refractivity contribution in [1.82, 2.24) is 10.2 Å². The number of methoxy groups -OCH3 is 1. The van der Waals surface area contributed by atoms with E-state index in [0.717, 1.165) is 31.8 Å². The summed E-state index contributed by atoms with van der Waals surface area (Å²) in [6, 6.07) is 10.8. The molecule has 0 spiro atoms. The third kappa shape index (κ3) is 4.23. The summed E-state index contributed by atoms with van der Waals surface area (Å²) in [5, 5.41) is 11.9. The number of hydrogen-bond acceptors (Lipinski definition) is 4. The van der Waals surface area contributed by atoms with Crippen molar-refractivity contribution in [3.63, 3.8) is 0 Å². The zero-order valence-corrected chi connectivity index (χ0v) is 11.4. The van der Waals surface area contributed by atoms with Crippen molar-refractivity contribution in [2.24, 2.45) is 0 Å². The van der Waals surface area contributed by atoms with Crippen LogP contribution in [0.5, 0.6) is 5.75 Å². The maximum absolute atomic E-state index is 8.62. The standard InChI is InChI=1S/C15H21N3O/c1-19-15-6-2-4-13(10-15)11-18-9-3-5-14(12-18)17-8-7-16/h2,4,6,10,14,17H,3,5,8-9,11-12H2,1H3. The fourth-order valence-electron chi connectivity index (χ4n) is 2.58. The Bertz CT molecular complexity index is 441. The summed E-state index contributed by atoms with van der Waals surface area (Å²) < 4.78 is 5.25. The Morgan fingerprint density at radius 3 is 3.21 bits per heavy atom. The largest absolute Gasteiger partial charge is 0.497 e. The molecule has 1 aromatic rings. The summed E-state index contributed by atoms with van der Waals surface area (Å²) in [5.74, 6) is 0.911. The summed E-state index contributed by atoms with van der Waals surface area (Å²) >= 11 is 0. The van der Waals surface area contributed by atoms with Gasteiger partial charge in [-0.05, 0) is 37.1 Å². The van der Waals surface area contributed by atoms with Crippen LogP contribution in [-0.4, -0.2) is 37.7 Å². The van der Waals surface area contributed by atoms with Gasteiger partial charge in [-0.25, -0.2) is 0 Å². The molecule has 1 aromatic carbocycles. The van der Waals surface area contributed by atoms with E-state index in [-0.39, 0.29) is 0 Å². The zero-order valence-electron chi connectivity index (χ0n) is 11.4. The monoisotopic (exact) mass is 259 g/mol. The normalized spacial score (nSPS) is 19.9. The second-order valence-electron chi connectivity index (χ2n) is 4.96. The van der Waals surface area contributed by atoms with E-state index in [9.17, 15) is 0 Å². The van der Waals surface area contributed by atoms with Crippen molar-refractivity contribution in [2.75, 3.05) is 26.7 Å². The average Bonchev–Trinajstić information content (AvgIpc) is 2.46. The van der Waals surface area contributed by atoms with Crippen LogP contribution in [0.4, 0.5) is 0 Å². The molecule has 1 aliphatic rings. The third-order valence-corrected chi connectivity index (χ3v) is 3.52. The summed E-state index contributed by atoms with van der Waals surface area (Å²) in [6.45, 7) is 3.53. The minimum atomic E-state index is 0.442. The maximum atomic E-state index is 8.62. The lowest BCUT2D eigenvalue weighted by Crippen LogP contribution is -2.45. The van der Waals surface area contributed by atoms with Crippen LogP contribution in [-0.2, 0) is 6.54 Å². The zero-order chi connectivity index (χ0) is 13.5. The van der Waals surface area contributed by atoms with Gasteiger partial charge in [0, 0.05) is 19.1 Å². The van der Waals surface area contributed by atoms with Gasteiger partial charge in [-0.15, -0.1) is 0 Å². The van der Waals surface area contributed by atoms with Crippen LogP contribution in [0, 0.1) is 11.3 Å². The molecule has 1 unspecified atom stereocenters. The topological polar surface area (TPSA) is 48.3 Å². The van der Waals surface area contributed by atoms with Gasteiger partial charge in [0.15, 0.2) is 0 Å². The van der Waals surface area contributed by atoms with Gasteiger partial charge in [0.2, 0.25) is 0 Å². The minimum absolute atomic E-state index is 0.442. The van der Waals surface area contributed by atoms with Gasteiger partial charge in [-0.1, -0.05) is 12.1 Å². The van der Waals surface area contributed by atoms with Gasteiger partial charge in [-0.2, -0.15) is 5.26 Å². The Hall–Kier alpha value is -1.57. The number of hydrogen-bond donors (Lipinski definition) is 1. The number of nitrogens with one attached hydrogen (secondary N) is 1. The Morgan fingerprint density at radius 2 is 2.42 bits per heavy atom. The fraction of sp³-hybridized carbons (Fsp3) is 0.533. The van der Waals surface area contributed by atoms with Crippen LogP contribution in [0.1, 0.15) is 18.4 Å². The Labute approximate surface area is 115 Å². The number of rotatable bonds is 5. The molecule has 0 aromatic heterocycles. The molecule has 102 valence electrons. The van der Waals surface area contributed by atoms with E-state index in [1.807, 2.05) is 12.1 Å².